The first kappa shape index (κ1) is 19.7. The quantitative estimate of drug-likeness (QED) is 0.814. The molecule has 0 saturated carbocycles. The van der Waals surface area contributed by atoms with E-state index in [1.165, 1.54) is 5.56 Å². The molecule has 6 heteroatoms. The number of rotatable bonds is 6. The summed E-state index contributed by atoms with van der Waals surface area (Å²) in [5.74, 6) is 1.04. The lowest BCUT2D eigenvalue weighted by molar-refractivity contribution is -0.125. The van der Waals surface area contributed by atoms with Crippen molar-refractivity contribution < 1.29 is 4.79 Å². The second-order valence-electron chi connectivity index (χ2n) is 7.25. The van der Waals surface area contributed by atoms with Crippen LogP contribution < -0.4 is 10.2 Å². The van der Waals surface area contributed by atoms with Crippen molar-refractivity contribution in [2.24, 2.45) is 5.92 Å². The van der Waals surface area contributed by atoms with Gasteiger partial charge in [-0.3, -0.25) is 4.79 Å². The van der Waals surface area contributed by atoms with E-state index in [0.717, 1.165) is 41.5 Å². The number of piperidine rings is 1. The lowest BCUT2D eigenvalue weighted by Gasteiger charge is -2.33. The zero-order valence-electron chi connectivity index (χ0n) is 16.3. The smallest absolute Gasteiger partial charge is 0.225 e. The number of hydrogen-bond acceptors (Lipinski definition) is 5. The van der Waals surface area contributed by atoms with Crippen LogP contribution in [-0.4, -0.2) is 35.2 Å². The Morgan fingerprint density at radius 3 is 2.70 bits per heavy atom. The lowest BCUT2D eigenvalue weighted by Crippen LogP contribution is -2.45. The third-order valence-corrected chi connectivity index (χ3v) is 5.92. The van der Waals surface area contributed by atoms with Gasteiger partial charge in [-0.2, -0.15) is 0 Å². The first-order valence-electron chi connectivity index (χ1n) is 9.68. The van der Waals surface area contributed by atoms with E-state index in [0.29, 0.717) is 6.54 Å². The number of nitrogens with one attached hydrogen (secondary N) is 1. The van der Waals surface area contributed by atoms with Crippen molar-refractivity contribution in [1.82, 2.24) is 15.5 Å². The highest BCUT2D eigenvalue weighted by molar-refractivity contribution is 7.99. The van der Waals surface area contributed by atoms with Gasteiger partial charge in [0.1, 0.15) is 5.03 Å². The first-order chi connectivity index (χ1) is 13.0. The molecule has 2 aromatic rings. The van der Waals surface area contributed by atoms with Gasteiger partial charge in [0.05, 0.1) is 5.92 Å². The maximum absolute atomic E-state index is 12.4. The highest BCUT2D eigenvalue weighted by Crippen LogP contribution is 2.27. The number of benzene rings is 1. The van der Waals surface area contributed by atoms with Crippen molar-refractivity contribution in [2.45, 2.75) is 56.0 Å². The Morgan fingerprint density at radius 1 is 1.26 bits per heavy atom. The van der Waals surface area contributed by atoms with Gasteiger partial charge in [-0.15, -0.1) is 10.2 Å². The van der Waals surface area contributed by atoms with Crippen LogP contribution in [0, 0.1) is 12.8 Å². The fraction of sp³-hybridized carbons (Fsp3) is 0.476. The number of hydrogen-bond donors (Lipinski definition) is 1. The van der Waals surface area contributed by atoms with Crippen molar-refractivity contribution in [2.75, 3.05) is 18.0 Å². The van der Waals surface area contributed by atoms with E-state index >= 15 is 0 Å². The molecular weight excluding hydrogens is 356 g/mol. The van der Waals surface area contributed by atoms with Crippen LogP contribution in [-0.2, 0) is 4.79 Å². The van der Waals surface area contributed by atoms with Gasteiger partial charge in [0.15, 0.2) is 5.82 Å². The highest BCUT2D eigenvalue weighted by atomic mass is 32.2. The van der Waals surface area contributed by atoms with Crippen LogP contribution in [0.4, 0.5) is 5.82 Å². The lowest BCUT2D eigenvalue weighted by atomic mass is 9.96. The molecule has 1 fully saturated rings. The Hall–Kier alpha value is -2.08. The van der Waals surface area contributed by atoms with E-state index in [9.17, 15) is 4.79 Å². The molecule has 1 aliphatic rings. The summed E-state index contributed by atoms with van der Waals surface area (Å²) in [6.45, 7) is 7.85. The molecule has 5 nitrogen and oxygen atoms in total. The molecule has 1 unspecified atom stereocenters. The van der Waals surface area contributed by atoms with Crippen molar-refractivity contribution in [1.29, 1.82) is 0 Å². The van der Waals surface area contributed by atoms with Gasteiger partial charge in [0, 0.05) is 24.0 Å². The van der Waals surface area contributed by atoms with Crippen molar-refractivity contribution in [3.8, 4) is 0 Å². The number of carbonyl (C=O) groups is 1. The SMILES string of the molecule is CC[C@H](C)NC(=O)C1CCCN(c2ccc(Sc3ccc(C)cc3)nn2)C1. The number of aromatic nitrogens is 2. The van der Waals surface area contributed by atoms with Gasteiger partial charge in [-0.05, 0) is 57.4 Å². The van der Waals surface area contributed by atoms with Gasteiger partial charge in [-0.25, -0.2) is 0 Å². The number of nitrogens with zero attached hydrogens (tertiary/aromatic N) is 3. The summed E-state index contributed by atoms with van der Waals surface area (Å²) in [7, 11) is 0. The van der Waals surface area contributed by atoms with Crippen LogP contribution in [0.2, 0.25) is 0 Å². The Morgan fingerprint density at radius 2 is 2.04 bits per heavy atom. The van der Waals surface area contributed by atoms with Gasteiger partial charge >= 0.3 is 0 Å². The molecule has 0 bridgehead atoms. The summed E-state index contributed by atoms with van der Waals surface area (Å²) in [4.78, 5) is 15.8. The molecule has 0 aliphatic carbocycles. The maximum atomic E-state index is 12.4. The molecule has 0 radical (unpaired) electrons. The van der Waals surface area contributed by atoms with Crippen molar-refractivity contribution in [3.05, 3.63) is 42.0 Å². The minimum atomic E-state index is 0.0242. The molecule has 1 saturated heterocycles. The van der Waals surface area contributed by atoms with Gasteiger partial charge in [-0.1, -0.05) is 36.4 Å². The molecule has 0 spiro atoms. The molecule has 2 heterocycles. The van der Waals surface area contributed by atoms with Crippen LogP contribution >= 0.6 is 11.8 Å². The van der Waals surface area contributed by atoms with E-state index in [1.807, 2.05) is 12.1 Å². The molecule has 2 atom stereocenters. The molecule has 1 aromatic heterocycles. The summed E-state index contributed by atoms with van der Waals surface area (Å²) in [6.07, 6.45) is 2.89. The average molecular weight is 385 g/mol. The van der Waals surface area contributed by atoms with Gasteiger partial charge < -0.3 is 10.2 Å². The topological polar surface area (TPSA) is 58.1 Å². The average Bonchev–Trinajstić information content (AvgIpc) is 2.70. The highest BCUT2D eigenvalue weighted by Gasteiger charge is 2.27. The van der Waals surface area contributed by atoms with Crippen LogP contribution in [0.5, 0.6) is 0 Å². The molecule has 27 heavy (non-hydrogen) atoms. The van der Waals surface area contributed by atoms with E-state index in [2.05, 4.69) is 65.5 Å². The van der Waals surface area contributed by atoms with Crippen LogP contribution in [0.1, 0.15) is 38.7 Å². The predicted molar refractivity (Wildman–Crippen MR) is 110 cm³/mol. The summed E-state index contributed by atoms with van der Waals surface area (Å²) < 4.78 is 0. The van der Waals surface area contributed by atoms with Crippen LogP contribution in [0.3, 0.4) is 0 Å². The summed E-state index contributed by atoms with van der Waals surface area (Å²) in [5.41, 5.74) is 1.25. The molecule has 1 amide bonds. The number of carbonyl (C=O) groups excluding carboxylic acids is 1. The zero-order valence-corrected chi connectivity index (χ0v) is 17.1. The van der Waals surface area contributed by atoms with Gasteiger partial charge in [0.2, 0.25) is 5.91 Å². The van der Waals surface area contributed by atoms with Crippen LogP contribution in [0.15, 0.2) is 46.3 Å². The summed E-state index contributed by atoms with van der Waals surface area (Å²) in [5, 5.41) is 12.8. The number of aryl methyl sites for hydroxylation is 1. The largest absolute Gasteiger partial charge is 0.354 e. The second kappa shape index (κ2) is 9.22. The van der Waals surface area contributed by atoms with Crippen molar-refractivity contribution in [3.63, 3.8) is 0 Å². The zero-order chi connectivity index (χ0) is 19.2. The van der Waals surface area contributed by atoms with E-state index < -0.39 is 0 Å². The minimum Gasteiger partial charge on any atom is -0.354 e. The first-order valence-corrected chi connectivity index (χ1v) is 10.5. The summed E-state index contributed by atoms with van der Waals surface area (Å²) in [6, 6.07) is 12.6. The maximum Gasteiger partial charge on any atom is 0.225 e. The number of anilines is 1. The van der Waals surface area contributed by atoms with Crippen molar-refractivity contribution >= 4 is 23.5 Å². The monoisotopic (exact) mass is 384 g/mol. The normalized spacial score (nSPS) is 18.2. The molecule has 1 N–H and O–H groups in total. The van der Waals surface area contributed by atoms with Gasteiger partial charge in [0.25, 0.3) is 0 Å². The van der Waals surface area contributed by atoms with E-state index in [4.69, 9.17) is 0 Å². The Bertz CT molecular complexity index is 748. The van der Waals surface area contributed by atoms with Crippen LogP contribution in [0.25, 0.3) is 0 Å². The minimum absolute atomic E-state index is 0.0242. The Labute approximate surface area is 165 Å². The standard InChI is InChI=1S/C21H28N4OS/c1-4-16(3)22-21(26)17-6-5-13-25(14-17)19-11-12-20(24-23-19)27-18-9-7-15(2)8-10-18/h7-12,16-17H,4-6,13-14H2,1-3H3,(H,22,26)/t16-,17?/m0/s1. The second-order valence-corrected chi connectivity index (χ2v) is 8.34. The molecule has 144 valence electrons. The predicted octanol–water partition coefficient (Wildman–Crippen LogP) is 4.07. The molecule has 1 aromatic carbocycles. The number of amides is 1. The molecule has 3 rings (SSSR count). The van der Waals surface area contributed by atoms with E-state index in [-0.39, 0.29) is 17.9 Å². The summed E-state index contributed by atoms with van der Waals surface area (Å²) >= 11 is 1.61. The fourth-order valence-electron chi connectivity index (χ4n) is 3.13. The fourth-order valence-corrected chi connectivity index (χ4v) is 3.86. The third kappa shape index (κ3) is 5.45. The Balaban J connectivity index is 1.60. The van der Waals surface area contributed by atoms with E-state index in [1.54, 1.807) is 11.8 Å². The molecule has 1 aliphatic heterocycles. The third-order valence-electron chi connectivity index (χ3n) is 4.99. The molecular formula is C21H28N4OS. The Kier molecular flexibility index (Phi) is 6.72.